The van der Waals surface area contributed by atoms with Crippen molar-refractivity contribution in [1.82, 2.24) is 0 Å². The first-order chi connectivity index (χ1) is 6.07. The van der Waals surface area contributed by atoms with Gasteiger partial charge >= 0.3 is 0 Å². The Morgan fingerprint density at radius 1 is 1.46 bits per heavy atom. The molecule has 0 amide bonds. The van der Waals surface area contributed by atoms with Gasteiger partial charge in [0.05, 0.1) is 5.02 Å². The van der Waals surface area contributed by atoms with Crippen LogP contribution in [0.4, 0.5) is 8.78 Å². The molecule has 0 aliphatic heterocycles. The van der Waals surface area contributed by atoms with Crippen molar-refractivity contribution in [2.45, 2.75) is 19.4 Å². The van der Waals surface area contributed by atoms with Gasteiger partial charge in [0, 0.05) is 11.6 Å². The summed E-state index contributed by atoms with van der Waals surface area (Å²) in [5.74, 6) is -1.40. The van der Waals surface area contributed by atoms with Crippen molar-refractivity contribution in [3.8, 4) is 0 Å². The largest absolute Gasteiger partial charge is 0.324 e. The van der Waals surface area contributed by atoms with Crippen LogP contribution in [0.1, 0.15) is 24.9 Å². The lowest BCUT2D eigenvalue weighted by Gasteiger charge is -2.11. The van der Waals surface area contributed by atoms with E-state index in [0.29, 0.717) is 6.42 Å². The van der Waals surface area contributed by atoms with Crippen LogP contribution in [0.5, 0.6) is 0 Å². The summed E-state index contributed by atoms with van der Waals surface area (Å²) in [6, 6.07) is 1.66. The first kappa shape index (κ1) is 10.4. The van der Waals surface area contributed by atoms with E-state index >= 15 is 0 Å². The third-order valence-electron chi connectivity index (χ3n) is 1.89. The summed E-state index contributed by atoms with van der Waals surface area (Å²) in [4.78, 5) is 0. The molecule has 0 spiro atoms. The molecule has 0 aliphatic carbocycles. The Balaban J connectivity index is 3.25. The number of rotatable bonds is 2. The van der Waals surface area contributed by atoms with E-state index in [4.69, 9.17) is 17.3 Å². The van der Waals surface area contributed by atoms with Crippen molar-refractivity contribution in [3.05, 3.63) is 34.4 Å². The van der Waals surface area contributed by atoms with Crippen LogP contribution in [-0.2, 0) is 0 Å². The molecule has 0 saturated heterocycles. The minimum absolute atomic E-state index is 0.0969. The average Bonchev–Trinajstić information content (AvgIpc) is 2.12. The molecule has 1 atom stereocenters. The number of benzene rings is 1. The SMILES string of the molecule is CC[C@H](N)c1c(F)ccc(Cl)c1F. The highest BCUT2D eigenvalue weighted by Crippen LogP contribution is 2.26. The Bertz CT molecular complexity index is 315. The molecule has 1 rings (SSSR count). The van der Waals surface area contributed by atoms with Gasteiger partial charge < -0.3 is 5.73 Å². The van der Waals surface area contributed by atoms with Crippen molar-refractivity contribution < 1.29 is 8.78 Å². The van der Waals surface area contributed by atoms with Gasteiger partial charge in [-0.1, -0.05) is 18.5 Å². The van der Waals surface area contributed by atoms with Crippen LogP contribution in [0.3, 0.4) is 0 Å². The highest BCUT2D eigenvalue weighted by molar-refractivity contribution is 6.30. The fraction of sp³-hybridized carbons (Fsp3) is 0.333. The predicted molar refractivity (Wildman–Crippen MR) is 48.6 cm³/mol. The van der Waals surface area contributed by atoms with Crippen LogP contribution in [0.2, 0.25) is 5.02 Å². The standard InChI is InChI=1S/C9H10ClF2N/c1-2-7(13)8-6(11)4-3-5(10)9(8)12/h3-4,7H,2,13H2,1H3/t7-/m0/s1. The number of hydrogen-bond acceptors (Lipinski definition) is 1. The van der Waals surface area contributed by atoms with Gasteiger partial charge in [-0.05, 0) is 18.6 Å². The fourth-order valence-electron chi connectivity index (χ4n) is 1.09. The first-order valence-electron chi connectivity index (χ1n) is 3.96. The maximum Gasteiger partial charge on any atom is 0.149 e. The van der Waals surface area contributed by atoms with E-state index in [1.165, 1.54) is 6.07 Å². The maximum atomic E-state index is 13.2. The van der Waals surface area contributed by atoms with Crippen molar-refractivity contribution >= 4 is 11.6 Å². The maximum absolute atomic E-state index is 13.2. The number of nitrogens with two attached hydrogens (primary N) is 1. The molecule has 0 fully saturated rings. The summed E-state index contributed by atoms with van der Waals surface area (Å²) in [6.45, 7) is 1.75. The highest BCUT2D eigenvalue weighted by Gasteiger charge is 2.17. The molecule has 72 valence electrons. The number of halogens is 3. The van der Waals surface area contributed by atoms with Crippen molar-refractivity contribution in [2.24, 2.45) is 5.73 Å². The lowest BCUT2D eigenvalue weighted by Crippen LogP contribution is -2.13. The summed E-state index contributed by atoms with van der Waals surface area (Å²) < 4.78 is 26.3. The third-order valence-corrected chi connectivity index (χ3v) is 2.18. The molecule has 0 unspecified atom stereocenters. The molecule has 0 radical (unpaired) electrons. The Morgan fingerprint density at radius 3 is 2.62 bits per heavy atom. The van der Waals surface area contributed by atoms with E-state index in [2.05, 4.69) is 0 Å². The second-order valence-corrected chi connectivity index (χ2v) is 3.18. The summed E-state index contributed by atoms with van der Waals surface area (Å²) in [5.41, 5.74) is 5.40. The topological polar surface area (TPSA) is 26.0 Å². The van der Waals surface area contributed by atoms with Gasteiger partial charge in [0.25, 0.3) is 0 Å². The van der Waals surface area contributed by atoms with Crippen LogP contribution in [0.15, 0.2) is 12.1 Å². The smallest absolute Gasteiger partial charge is 0.149 e. The monoisotopic (exact) mass is 205 g/mol. The van der Waals surface area contributed by atoms with E-state index in [1.54, 1.807) is 6.92 Å². The van der Waals surface area contributed by atoms with E-state index in [1.807, 2.05) is 0 Å². The molecule has 4 heteroatoms. The number of hydrogen-bond donors (Lipinski definition) is 1. The molecule has 1 nitrogen and oxygen atoms in total. The van der Waals surface area contributed by atoms with E-state index in [-0.39, 0.29) is 10.6 Å². The minimum atomic E-state index is -0.754. The highest BCUT2D eigenvalue weighted by atomic mass is 35.5. The van der Waals surface area contributed by atoms with E-state index in [9.17, 15) is 8.78 Å². The molecule has 2 N–H and O–H groups in total. The second-order valence-electron chi connectivity index (χ2n) is 2.77. The second kappa shape index (κ2) is 4.03. The molecule has 1 aromatic carbocycles. The summed E-state index contributed by atoms with van der Waals surface area (Å²) >= 11 is 5.49. The molecule has 0 aromatic heterocycles. The predicted octanol–water partition coefficient (Wildman–Crippen LogP) is 3.03. The Labute approximate surface area is 80.5 Å². The Kier molecular flexibility index (Phi) is 3.22. The molecule has 0 aliphatic rings. The van der Waals surface area contributed by atoms with Crippen LogP contribution < -0.4 is 5.73 Å². The molecular weight excluding hydrogens is 196 g/mol. The van der Waals surface area contributed by atoms with Gasteiger partial charge in [-0.25, -0.2) is 8.78 Å². The van der Waals surface area contributed by atoms with Crippen molar-refractivity contribution in [1.29, 1.82) is 0 Å². The van der Waals surface area contributed by atoms with Gasteiger partial charge in [-0.2, -0.15) is 0 Å². The first-order valence-corrected chi connectivity index (χ1v) is 4.34. The van der Waals surface area contributed by atoms with Crippen LogP contribution in [0.25, 0.3) is 0 Å². The van der Waals surface area contributed by atoms with E-state index < -0.39 is 17.7 Å². The summed E-state index contributed by atoms with van der Waals surface area (Å²) in [7, 11) is 0. The zero-order chi connectivity index (χ0) is 10.0. The van der Waals surface area contributed by atoms with Gasteiger partial charge in [0.15, 0.2) is 0 Å². The summed E-state index contributed by atoms with van der Waals surface area (Å²) in [5, 5.41) is -0.0969. The Morgan fingerprint density at radius 2 is 2.08 bits per heavy atom. The molecular formula is C9H10ClF2N. The lowest BCUT2D eigenvalue weighted by molar-refractivity contribution is 0.521. The molecule has 0 heterocycles. The molecule has 0 saturated carbocycles. The van der Waals surface area contributed by atoms with Crippen LogP contribution in [0, 0.1) is 11.6 Å². The quantitative estimate of drug-likeness (QED) is 0.738. The zero-order valence-corrected chi connectivity index (χ0v) is 7.91. The third kappa shape index (κ3) is 1.98. The fourth-order valence-corrected chi connectivity index (χ4v) is 1.25. The molecule has 13 heavy (non-hydrogen) atoms. The minimum Gasteiger partial charge on any atom is -0.324 e. The molecule has 0 bridgehead atoms. The average molecular weight is 206 g/mol. The zero-order valence-electron chi connectivity index (χ0n) is 7.15. The van der Waals surface area contributed by atoms with Crippen molar-refractivity contribution in [2.75, 3.05) is 0 Å². The van der Waals surface area contributed by atoms with Gasteiger partial charge in [0.1, 0.15) is 11.6 Å². The van der Waals surface area contributed by atoms with Crippen molar-refractivity contribution in [3.63, 3.8) is 0 Å². The van der Waals surface area contributed by atoms with E-state index in [0.717, 1.165) is 6.07 Å². The van der Waals surface area contributed by atoms with Crippen LogP contribution in [-0.4, -0.2) is 0 Å². The van der Waals surface area contributed by atoms with Gasteiger partial charge in [0.2, 0.25) is 0 Å². The Hall–Kier alpha value is -0.670. The lowest BCUT2D eigenvalue weighted by atomic mass is 10.0. The van der Waals surface area contributed by atoms with Gasteiger partial charge in [-0.15, -0.1) is 0 Å². The normalized spacial score (nSPS) is 13.0. The molecule has 1 aromatic rings. The summed E-state index contributed by atoms with van der Waals surface area (Å²) in [6.07, 6.45) is 0.466. The van der Waals surface area contributed by atoms with Crippen LogP contribution >= 0.6 is 11.6 Å². The van der Waals surface area contributed by atoms with Gasteiger partial charge in [-0.3, -0.25) is 0 Å².